The maximum Gasteiger partial charge on any atom is 0.490 e. The molecule has 0 aliphatic rings. The molecule has 0 aliphatic carbocycles. The zero-order valence-electron chi connectivity index (χ0n) is 19.5. The van der Waals surface area contributed by atoms with Gasteiger partial charge in [0.1, 0.15) is 11.6 Å². The van der Waals surface area contributed by atoms with Gasteiger partial charge in [0.15, 0.2) is 0 Å². The number of aliphatic carboxylic acids is 1. The fourth-order valence-electron chi connectivity index (χ4n) is 3.08. The molecule has 1 aromatic heterocycles. The van der Waals surface area contributed by atoms with E-state index in [1.165, 1.54) is 12.1 Å². The highest BCUT2D eigenvalue weighted by molar-refractivity contribution is 6.30. The summed E-state index contributed by atoms with van der Waals surface area (Å²) in [6, 6.07) is 16.5. The van der Waals surface area contributed by atoms with Crippen molar-refractivity contribution in [2.75, 3.05) is 22.9 Å². The van der Waals surface area contributed by atoms with Crippen LogP contribution in [0.15, 0.2) is 66.9 Å². The lowest BCUT2D eigenvalue weighted by Gasteiger charge is -2.24. The van der Waals surface area contributed by atoms with E-state index in [0.29, 0.717) is 22.8 Å². The molecule has 0 aliphatic heterocycles. The van der Waals surface area contributed by atoms with Gasteiger partial charge in [0.05, 0.1) is 6.54 Å². The van der Waals surface area contributed by atoms with Crippen LogP contribution < -0.4 is 9.80 Å². The number of carboxylic acid groups (broad SMARTS) is 1. The second-order valence-electron chi connectivity index (χ2n) is 7.37. The second-order valence-corrected chi connectivity index (χ2v) is 7.81. The molecule has 192 valence electrons. The molecule has 11 heteroatoms. The first-order valence-electron chi connectivity index (χ1n) is 10.8. The van der Waals surface area contributed by atoms with Crippen molar-refractivity contribution in [3.8, 4) is 0 Å². The Kier molecular flexibility index (Phi) is 10.2. The third kappa shape index (κ3) is 8.23. The first-order chi connectivity index (χ1) is 17.0. The van der Waals surface area contributed by atoms with Crippen molar-refractivity contribution in [1.29, 1.82) is 0 Å². The number of nitrogens with zero attached hydrogens (tertiary/aromatic N) is 3. The Morgan fingerprint density at radius 3 is 1.94 bits per heavy atom. The molecule has 1 amide bonds. The summed E-state index contributed by atoms with van der Waals surface area (Å²) in [6.45, 7) is 6.23. The predicted octanol–water partition coefficient (Wildman–Crippen LogP) is 6.20. The minimum absolute atomic E-state index is 0.193. The van der Waals surface area contributed by atoms with Gasteiger partial charge in [-0.05, 0) is 74.0 Å². The molecular formula is C25H24ClF4N3O3. The van der Waals surface area contributed by atoms with Gasteiger partial charge in [-0.2, -0.15) is 13.2 Å². The number of pyridine rings is 1. The Hall–Kier alpha value is -3.66. The summed E-state index contributed by atoms with van der Waals surface area (Å²) in [5.41, 5.74) is 2.00. The van der Waals surface area contributed by atoms with Crippen LogP contribution in [0.2, 0.25) is 5.02 Å². The molecule has 1 heterocycles. The molecule has 3 aromatic rings. The Balaban J connectivity index is 0.000000572. The summed E-state index contributed by atoms with van der Waals surface area (Å²) >= 11 is 5.95. The molecule has 6 nitrogen and oxygen atoms in total. The van der Waals surface area contributed by atoms with E-state index in [0.717, 1.165) is 24.5 Å². The molecule has 0 atom stereocenters. The number of carboxylic acids is 1. The van der Waals surface area contributed by atoms with Gasteiger partial charge in [0.2, 0.25) is 0 Å². The largest absolute Gasteiger partial charge is 0.490 e. The van der Waals surface area contributed by atoms with Crippen molar-refractivity contribution in [2.24, 2.45) is 0 Å². The van der Waals surface area contributed by atoms with Gasteiger partial charge in [-0.1, -0.05) is 17.7 Å². The van der Waals surface area contributed by atoms with Crippen LogP contribution in [0.4, 0.5) is 29.1 Å². The van der Waals surface area contributed by atoms with Crippen molar-refractivity contribution >= 4 is 35.0 Å². The maximum atomic E-state index is 13.4. The first kappa shape index (κ1) is 28.6. The molecule has 0 radical (unpaired) electrons. The third-order valence-corrected chi connectivity index (χ3v) is 5.21. The number of aromatic nitrogens is 1. The number of anilines is 2. The normalized spacial score (nSPS) is 10.8. The van der Waals surface area contributed by atoms with Gasteiger partial charge >= 0.3 is 12.1 Å². The molecule has 0 saturated carbocycles. The van der Waals surface area contributed by atoms with E-state index in [2.05, 4.69) is 23.7 Å². The predicted molar refractivity (Wildman–Crippen MR) is 130 cm³/mol. The van der Waals surface area contributed by atoms with Crippen molar-refractivity contribution in [2.45, 2.75) is 26.6 Å². The van der Waals surface area contributed by atoms with Gasteiger partial charge < -0.3 is 14.9 Å². The highest BCUT2D eigenvalue weighted by Gasteiger charge is 2.38. The van der Waals surface area contributed by atoms with Gasteiger partial charge in [-0.3, -0.25) is 4.79 Å². The average Bonchev–Trinajstić information content (AvgIpc) is 2.85. The standard InChI is InChI=1S/C23H23ClFN3O.C2HF3O2/c1-3-27(4-2)22-14-5-17(15-26-22)16-28(21-12-10-20(25)11-13-21)23(29)18-6-8-19(24)9-7-18;3-2(4,5)1(6)7/h5-15H,3-4,16H2,1-2H3;(H,6,7). The van der Waals surface area contributed by atoms with E-state index in [1.54, 1.807) is 47.5 Å². The Morgan fingerprint density at radius 1 is 0.944 bits per heavy atom. The van der Waals surface area contributed by atoms with Crippen molar-refractivity contribution in [3.05, 3.63) is 88.8 Å². The molecule has 0 fully saturated rings. The third-order valence-electron chi connectivity index (χ3n) is 4.95. The summed E-state index contributed by atoms with van der Waals surface area (Å²) in [5.74, 6) is -2.40. The Bertz CT molecular complexity index is 1140. The number of hydrogen-bond donors (Lipinski definition) is 1. The van der Waals surface area contributed by atoms with Crippen LogP contribution >= 0.6 is 11.6 Å². The number of carbonyl (C=O) groups excluding carboxylic acids is 1. The molecule has 36 heavy (non-hydrogen) atoms. The fourth-order valence-corrected chi connectivity index (χ4v) is 3.20. The van der Waals surface area contributed by atoms with Crippen LogP contribution in [0, 0.1) is 5.82 Å². The highest BCUT2D eigenvalue weighted by atomic mass is 35.5. The Labute approximate surface area is 210 Å². The lowest BCUT2D eigenvalue weighted by molar-refractivity contribution is -0.192. The van der Waals surface area contributed by atoms with Crippen molar-refractivity contribution < 1.29 is 32.3 Å². The van der Waals surface area contributed by atoms with Crippen molar-refractivity contribution in [1.82, 2.24) is 4.98 Å². The molecule has 0 spiro atoms. The number of amides is 1. The van der Waals surface area contributed by atoms with Crippen LogP contribution in [0.25, 0.3) is 0 Å². The number of carbonyl (C=O) groups is 2. The van der Waals surface area contributed by atoms with Crippen molar-refractivity contribution in [3.63, 3.8) is 0 Å². The number of hydrogen-bond acceptors (Lipinski definition) is 4. The smallest absolute Gasteiger partial charge is 0.475 e. The van der Waals surface area contributed by atoms with E-state index in [4.69, 9.17) is 21.5 Å². The van der Waals surface area contributed by atoms with Gasteiger partial charge in [0.25, 0.3) is 5.91 Å². The van der Waals surface area contributed by atoms with E-state index in [-0.39, 0.29) is 11.7 Å². The first-order valence-corrected chi connectivity index (χ1v) is 11.2. The van der Waals surface area contributed by atoms with Crippen LogP contribution in [0.3, 0.4) is 0 Å². The number of rotatable bonds is 7. The van der Waals surface area contributed by atoms with Crippen LogP contribution in [-0.2, 0) is 11.3 Å². The average molecular weight is 526 g/mol. The SMILES string of the molecule is CCN(CC)c1ccc(CN(C(=O)c2ccc(Cl)cc2)c2ccc(F)cc2)cn1.O=C(O)C(F)(F)F. The fraction of sp³-hybridized carbons (Fsp3) is 0.240. The molecule has 0 bridgehead atoms. The van der Waals surface area contributed by atoms with Gasteiger partial charge in [-0.15, -0.1) is 0 Å². The lowest BCUT2D eigenvalue weighted by Crippen LogP contribution is -2.30. The summed E-state index contributed by atoms with van der Waals surface area (Å²) in [6.07, 6.45) is -3.31. The van der Waals surface area contributed by atoms with Crippen LogP contribution in [0.5, 0.6) is 0 Å². The van der Waals surface area contributed by atoms with E-state index < -0.39 is 12.1 Å². The van der Waals surface area contributed by atoms with Gasteiger partial charge in [0, 0.05) is 35.6 Å². The second kappa shape index (κ2) is 12.9. The number of halogens is 5. The molecular weight excluding hydrogens is 502 g/mol. The minimum atomic E-state index is -5.08. The van der Waals surface area contributed by atoms with E-state index in [9.17, 15) is 22.4 Å². The molecule has 0 saturated heterocycles. The number of benzene rings is 2. The molecule has 1 N–H and O–H groups in total. The minimum Gasteiger partial charge on any atom is -0.475 e. The van der Waals surface area contributed by atoms with Crippen LogP contribution in [0.1, 0.15) is 29.8 Å². The molecule has 3 rings (SSSR count). The highest BCUT2D eigenvalue weighted by Crippen LogP contribution is 2.22. The monoisotopic (exact) mass is 525 g/mol. The zero-order chi connectivity index (χ0) is 26.9. The molecule has 2 aromatic carbocycles. The lowest BCUT2D eigenvalue weighted by atomic mass is 10.1. The zero-order valence-corrected chi connectivity index (χ0v) is 20.2. The number of alkyl halides is 3. The van der Waals surface area contributed by atoms with E-state index >= 15 is 0 Å². The summed E-state index contributed by atoms with van der Waals surface area (Å²) in [5, 5.41) is 7.69. The molecule has 0 unspecified atom stereocenters. The van der Waals surface area contributed by atoms with Crippen LogP contribution in [-0.4, -0.2) is 41.2 Å². The topological polar surface area (TPSA) is 73.7 Å². The quantitative estimate of drug-likeness (QED) is 0.372. The summed E-state index contributed by atoms with van der Waals surface area (Å²) < 4.78 is 45.1. The van der Waals surface area contributed by atoms with E-state index in [1.807, 2.05) is 12.1 Å². The summed E-state index contributed by atoms with van der Waals surface area (Å²) in [7, 11) is 0. The van der Waals surface area contributed by atoms with Gasteiger partial charge in [-0.25, -0.2) is 14.2 Å². The summed E-state index contributed by atoms with van der Waals surface area (Å²) in [4.78, 5) is 30.4. The maximum absolute atomic E-state index is 13.4. The Morgan fingerprint density at radius 2 is 1.50 bits per heavy atom.